The standard InChI is InChI=1S/C18H16ClN3O2/c19-16-3-1-2-4-17(16)22-18(24)15(9-20)11-21-10-13-5-7-14(12-23)8-6-13/h1-8,11,21,23H,10,12H2,(H,22,24)/b15-11-. The zero-order chi connectivity index (χ0) is 17.4. The Kier molecular flexibility index (Phi) is 6.38. The number of carbonyl (C=O) groups is 1. The van der Waals surface area contributed by atoms with Crippen molar-refractivity contribution in [2.75, 3.05) is 5.32 Å². The van der Waals surface area contributed by atoms with Crippen LogP contribution in [-0.2, 0) is 17.9 Å². The molecule has 24 heavy (non-hydrogen) atoms. The van der Waals surface area contributed by atoms with Gasteiger partial charge in [-0.3, -0.25) is 4.79 Å². The number of halogens is 1. The Morgan fingerprint density at radius 2 is 1.83 bits per heavy atom. The van der Waals surface area contributed by atoms with Crippen LogP contribution < -0.4 is 10.6 Å². The van der Waals surface area contributed by atoms with Crippen LogP contribution in [-0.4, -0.2) is 11.0 Å². The maximum atomic E-state index is 12.1. The minimum absolute atomic E-state index is 0.00555. The molecule has 0 aliphatic heterocycles. The first-order valence-corrected chi connectivity index (χ1v) is 7.60. The Bertz CT molecular complexity index is 780. The van der Waals surface area contributed by atoms with Crippen molar-refractivity contribution in [2.24, 2.45) is 0 Å². The maximum absolute atomic E-state index is 12.1. The summed E-state index contributed by atoms with van der Waals surface area (Å²) < 4.78 is 0. The van der Waals surface area contributed by atoms with Gasteiger partial charge in [-0.15, -0.1) is 0 Å². The summed E-state index contributed by atoms with van der Waals surface area (Å²) in [6, 6.07) is 16.0. The zero-order valence-corrected chi connectivity index (χ0v) is 13.5. The second-order valence-corrected chi connectivity index (χ2v) is 5.37. The lowest BCUT2D eigenvalue weighted by molar-refractivity contribution is -0.112. The molecule has 0 heterocycles. The first-order chi connectivity index (χ1) is 11.6. The molecule has 0 aromatic heterocycles. The van der Waals surface area contributed by atoms with Crippen LogP contribution in [0.15, 0.2) is 60.3 Å². The van der Waals surface area contributed by atoms with Crippen LogP contribution in [0.5, 0.6) is 0 Å². The molecule has 0 aliphatic rings. The van der Waals surface area contributed by atoms with Gasteiger partial charge < -0.3 is 15.7 Å². The second-order valence-electron chi connectivity index (χ2n) is 4.96. The van der Waals surface area contributed by atoms with Crippen LogP contribution in [0.2, 0.25) is 5.02 Å². The molecule has 0 atom stereocenters. The molecule has 2 rings (SSSR count). The van der Waals surface area contributed by atoms with Gasteiger partial charge in [-0.2, -0.15) is 5.26 Å². The number of benzene rings is 2. The van der Waals surface area contributed by atoms with Crippen LogP contribution in [0, 0.1) is 11.3 Å². The number of para-hydroxylation sites is 1. The summed E-state index contributed by atoms with van der Waals surface area (Å²) in [5.41, 5.74) is 2.19. The van der Waals surface area contributed by atoms with E-state index >= 15 is 0 Å². The number of nitrogens with zero attached hydrogens (tertiary/aromatic N) is 1. The van der Waals surface area contributed by atoms with Crippen molar-refractivity contribution in [3.8, 4) is 6.07 Å². The molecular weight excluding hydrogens is 326 g/mol. The molecule has 0 saturated heterocycles. The van der Waals surface area contributed by atoms with Gasteiger partial charge >= 0.3 is 0 Å². The highest BCUT2D eigenvalue weighted by Crippen LogP contribution is 2.20. The third-order valence-electron chi connectivity index (χ3n) is 3.25. The Hall–Kier alpha value is -2.81. The number of nitriles is 1. The summed E-state index contributed by atoms with van der Waals surface area (Å²) in [6.45, 7) is 0.449. The van der Waals surface area contributed by atoms with E-state index in [0.717, 1.165) is 11.1 Å². The number of rotatable bonds is 6. The third kappa shape index (κ3) is 4.85. The molecule has 0 spiro atoms. The van der Waals surface area contributed by atoms with Gasteiger partial charge in [0.1, 0.15) is 11.6 Å². The third-order valence-corrected chi connectivity index (χ3v) is 3.57. The Labute approximate surface area is 145 Å². The lowest BCUT2D eigenvalue weighted by atomic mass is 10.1. The lowest BCUT2D eigenvalue weighted by Crippen LogP contribution is -2.16. The summed E-state index contributed by atoms with van der Waals surface area (Å²) >= 11 is 5.97. The van der Waals surface area contributed by atoms with Gasteiger partial charge in [-0.1, -0.05) is 48.0 Å². The van der Waals surface area contributed by atoms with E-state index in [-0.39, 0.29) is 12.2 Å². The predicted molar refractivity (Wildman–Crippen MR) is 93.0 cm³/mol. The van der Waals surface area contributed by atoms with Crippen molar-refractivity contribution in [3.63, 3.8) is 0 Å². The Morgan fingerprint density at radius 3 is 2.46 bits per heavy atom. The van der Waals surface area contributed by atoms with Crippen LogP contribution in [0.1, 0.15) is 11.1 Å². The second kappa shape index (κ2) is 8.73. The topological polar surface area (TPSA) is 85.2 Å². The number of amides is 1. The van der Waals surface area contributed by atoms with Gasteiger partial charge in [0, 0.05) is 12.7 Å². The van der Waals surface area contributed by atoms with E-state index in [1.54, 1.807) is 24.3 Å². The summed E-state index contributed by atoms with van der Waals surface area (Å²) in [4.78, 5) is 12.1. The van der Waals surface area contributed by atoms with Gasteiger partial charge in [0.2, 0.25) is 0 Å². The van der Waals surface area contributed by atoms with Crippen molar-refractivity contribution in [1.82, 2.24) is 5.32 Å². The molecular formula is C18H16ClN3O2. The lowest BCUT2D eigenvalue weighted by Gasteiger charge is -2.07. The van der Waals surface area contributed by atoms with Gasteiger partial charge in [-0.05, 0) is 23.3 Å². The number of anilines is 1. The van der Waals surface area contributed by atoms with E-state index in [1.807, 2.05) is 30.3 Å². The van der Waals surface area contributed by atoms with Crippen molar-refractivity contribution < 1.29 is 9.90 Å². The number of aliphatic hydroxyl groups excluding tert-OH is 1. The normalized spacial score (nSPS) is 10.8. The number of carbonyl (C=O) groups excluding carboxylic acids is 1. The molecule has 122 valence electrons. The Morgan fingerprint density at radius 1 is 1.17 bits per heavy atom. The highest BCUT2D eigenvalue weighted by molar-refractivity contribution is 6.33. The fraction of sp³-hybridized carbons (Fsp3) is 0.111. The van der Waals surface area contributed by atoms with E-state index < -0.39 is 5.91 Å². The van der Waals surface area contributed by atoms with Crippen LogP contribution in [0.25, 0.3) is 0 Å². The molecule has 2 aromatic rings. The SMILES string of the molecule is N#C/C(=C/NCc1ccc(CO)cc1)C(=O)Nc1ccccc1Cl. The average Bonchev–Trinajstić information content (AvgIpc) is 2.61. The molecule has 0 bridgehead atoms. The molecule has 0 fully saturated rings. The van der Waals surface area contributed by atoms with Crippen molar-refractivity contribution in [1.29, 1.82) is 5.26 Å². The maximum Gasteiger partial charge on any atom is 0.267 e. The molecule has 0 aliphatic carbocycles. The van der Waals surface area contributed by atoms with Crippen molar-refractivity contribution >= 4 is 23.2 Å². The van der Waals surface area contributed by atoms with E-state index in [0.29, 0.717) is 17.3 Å². The highest BCUT2D eigenvalue weighted by atomic mass is 35.5. The van der Waals surface area contributed by atoms with Crippen LogP contribution in [0.4, 0.5) is 5.69 Å². The van der Waals surface area contributed by atoms with Gasteiger partial charge in [0.05, 0.1) is 17.3 Å². The van der Waals surface area contributed by atoms with Crippen LogP contribution >= 0.6 is 11.6 Å². The van der Waals surface area contributed by atoms with Crippen molar-refractivity contribution in [3.05, 3.63) is 76.5 Å². The number of hydrogen-bond donors (Lipinski definition) is 3. The summed E-state index contributed by atoms with van der Waals surface area (Å²) in [5.74, 6) is -0.534. The summed E-state index contributed by atoms with van der Waals surface area (Å²) in [7, 11) is 0. The molecule has 0 saturated carbocycles. The first kappa shape index (κ1) is 17.5. The minimum Gasteiger partial charge on any atom is -0.392 e. The number of hydrogen-bond acceptors (Lipinski definition) is 4. The van der Waals surface area contributed by atoms with E-state index in [2.05, 4.69) is 10.6 Å². The van der Waals surface area contributed by atoms with Gasteiger partial charge in [-0.25, -0.2) is 0 Å². The van der Waals surface area contributed by atoms with Crippen LogP contribution in [0.3, 0.4) is 0 Å². The number of aliphatic hydroxyl groups is 1. The van der Waals surface area contributed by atoms with Gasteiger partial charge in [0.25, 0.3) is 5.91 Å². The van der Waals surface area contributed by atoms with Gasteiger partial charge in [0.15, 0.2) is 0 Å². The molecule has 0 unspecified atom stereocenters. The first-order valence-electron chi connectivity index (χ1n) is 7.22. The molecule has 3 N–H and O–H groups in total. The summed E-state index contributed by atoms with van der Waals surface area (Å²) in [5, 5.41) is 24.1. The average molecular weight is 342 g/mol. The van der Waals surface area contributed by atoms with E-state index in [4.69, 9.17) is 22.0 Å². The van der Waals surface area contributed by atoms with E-state index in [9.17, 15) is 4.79 Å². The minimum atomic E-state index is -0.534. The summed E-state index contributed by atoms with van der Waals surface area (Å²) in [6.07, 6.45) is 1.37. The smallest absolute Gasteiger partial charge is 0.267 e. The van der Waals surface area contributed by atoms with Crippen molar-refractivity contribution in [2.45, 2.75) is 13.2 Å². The molecule has 1 amide bonds. The number of nitrogens with one attached hydrogen (secondary N) is 2. The molecule has 6 heteroatoms. The fourth-order valence-electron chi connectivity index (χ4n) is 1.93. The largest absolute Gasteiger partial charge is 0.392 e. The molecule has 5 nitrogen and oxygen atoms in total. The predicted octanol–water partition coefficient (Wildman–Crippen LogP) is 2.97. The quantitative estimate of drug-likeness (QED) is 0.557. The highest BCUT2D eigenvalue weighted by Gasteiger charge is 2.10. The Balaban J connectivity index is 1.97. The molecule has 2 aromatic carbocycles. The zero-order valence-electron chi connectivity index (χ0n) is 12.8. The fourth-order valence-corrected chi connectivity index (χ4v) is 2.12. The molecule has 0 radical (unpaired) electrons. The van der Waals surface area contributed by atoms with E-state index in [1.165, 1.54) is 6.20 Å². The monoisotopic (exact) mass is 341 g/mol.